The molecule has 1 saturated carbocycles. The van der Waals surface area contributed by atoms with Crippen molar-refractivity contribution in [3.8, 4) is 5.75 Å². The van der Waals surface area contributed by atoms with E-state index in [4.69, 9.17) is 27.2 Å². The average molecular weight is 516 g/mol. The number of hydrogen-bond acceptors (Lipinski definition) is 5. The van der Waals surface area contributed by atoms with Crippen molar-refractivity contribution in [1.29, 1.82) is 0 Å². The van der Waals surface area contributed by atoms with E-state index in [0.29, 0.717) is 11.1 Å². The number of fused-ring (bicyclic) bond motifs is 1. The first-order chi connectivity index (χ1) is 16.3. The van der Waals surface area contributed by atoms with Crippen molar-refractivity contribution < 1.29 is 37.4 Å². The number of phenolic OH excluding ortho intramolecular Hbond substituents is 1. The monoisotopic (exact) mass is 515 g/mol. The predicted octanol–water partition coefficient (Wildman–Crippen LogP) is 4.18. The summed E-state index contributed by atoms with van der Waals surface area (Å²) in [7, 11) is 0. The molecule has 13 heteroatoms. The molecule has 1 aliphatic carbocycles. The third-order valence-electron chi connectivity index (χ3n) is 5.05. The van der Waals surface area contributed by atoms with Gasteiger partial charge in [0.15, 0.2) is 0 Å². The fourth-order valence-corrected chi connectivity index (χ4v) is 3.32. The van der Waals surface area contributed by atoms with Gasteiger partial charge in [-0.1, -0.05) is 17.7 Å². The Kier molecular flexibility index (Phi) is 7.36. The molecule has 0 bridgehead atoms. The SMILES string of the molecule is NCc1ccc(NC(=O)c2cn(C3CC3)c3cc(Cl)c(F)cc3c2=O)c(O)c1.O=C(O)C(F)(F)F. The second-order valence-corrected chi connectivity index (χ2v) is 8.01. The first kappa shape index (κ1) is 26.0. The summed E-state index contributed by atoms with van der Waals surface area (Å²) in [6.07, 6.45) is -1.82. The predicted molar refractivity (Wildman–Crippen MR) is 119 cm³/mol. The van der Waals surface area contributed by atoms with Gasteiger partial charge < -0.3 is 25.8 Å². The fraction of sp³-hybridized carbons (Fsp3) is 0.227. The van der Waals surface area contributed by atoms with Crippen LogP contribution in [0.5, 0.6) is 5.75 Å². The van der Waals surface area contributed by atoms with Gasteiger partial charge in [-0.05, 0) is 42.7 Å². The zero-order chi connectivity index (χ0) is 26.1. The lowest BCUT2D eigenvalue weighted by molar-refractivity contribution is -0.192. The van der Waals surface area contributed by atoms with Crippen LogP contribution in [-0.2, 0) is 11.3 Å². The number of carboxylic acids is 1. The maximum Gasteiger partial charge on any atom is 0.490 e. The number of aromatic hydroxyl groups is 1. The normalized spacial score (nSPS) is 13.2. The molecule has 0 spiro atoms. The number of benzene rings is 2. The van der Waals surface area contributed by atoms with Crippen molar-refractivity contribution in [2.75, 3.05) is 5.32 Å². The number of pyridine rings is 1. The number of carbonyl (C=O) groups excluding carboxylic acids is 1. The number of nitrogens with one attached hydrogen (secondary N) is 1. The minimum Gasteiger partial charge on any atom is -0.506 e. The summed E-state index contributed by atoms with van der Waals surface area (Å²) in [6.45, 7) is 0.243. The molecular weight excluding hydrogens is 498 g/mol. The van der Waals surface area contributed by atoms with Crippen LogP contribution < -0.4 is 16.5 Å². The average Bonchev–Trinajstić information content (AvgIpc) is 3.62. The standard InChI is InChI=1S/C20H17ClFN3O3.C2HF3O2/c21-14-7-17-12(6-15(14)22)19(27)13(9-25(17)11-2-3-11)20(28)24-16-4-1-10(8-23)5-18(16)26;3-2(4,5)1(6)7/h1,4-7,9,11,26H,2-3,8,23H2,(H,24,28);(H,6,7). The van der Waals surface area contributed by atoms with E-state index < -0.39 is 29.3 Å². The van der Waals surface area contributed by atoms with Crippen molar-refractivity contribution in [2.45, 2.75) is 31.6 Å². The molecule has 2 aromatic carbocycles. The Morgan fingerprint density at radius 1 is 1.20 bits per heavy atom. The first-order valence-electron chi connectivity index (χ1n) is 10.0. The van der Waals surface area contributed by atoms with E-state index in [1.54, 1.807) is 10.6 Å². The molecule has 35 heavy (non-hydrogen) atoms. The number of amides is 1. The van der Waals surface area contributed by atoms with Crippen LogP contribution in [0.1, 0.15) is 34.8 Å². The van der Waals surface area contributed by atoms with Gasteiger partial charge in [0.1, 0.15) is 17.1 Å². The quantitative estimate of drug-likeness (QED) is 0.304. The van der Waals surface area contributed by atoms with Crippen LogP contribution in [0.3, 0.4) is 0 Å². The summed E-state index contributed by atoms with van der Waals surface area (Å²) in [6, 6.07) is 7.21. The molecule has 0 aliphatic heterocycles. The molecule has 1 amide bonds. The Bertz CT molecular complexity index is 1370. The van der Waals surface area contributed by atoms with E-state index >= 15 is 0 Å². The Morgan fingerprint density at radius 3 is 2.34 bits per heavy atom. The van der Waals surface area contributed by atoms with Crippen molar-refractivity contribution in [1.82, 2.24) is 4.57 Å². The minimum atomic E-state index is -5.08. The highest BCUT2D eigenvalue weighted by atomic mass is 35.5. The third-order valence-corrected chi connectivity index (χ3v) is 5.34. The van der Waals surface area contributed by atoms with Gasteiger partial charge in [-0.3, -0.25) is 9.59 Å². The maximum absolute atomic E-state index is 14.0. The molecule has 1 aromatic heterocycles. The number of hydrogen-bond donors (Lipinski definition) is 4. The van der Waals surface area contributed by atoms with Crippen LogP contribution >= 0.6 is 11.6 Å². The van der Waals surface area contributed by atoms with Crippen LogP contribution in [0.25, 0.3) is 10.9 Å². The molecule has 186 valence electrons. The van der Waals surface area contributed by atoms with Crippen LogP contribution in [0.4, 0.5) is 23.2 Å². The third kappa shape index (κ3) is 5.89. The van der Waals surface area contributed by atoms with E-state index in [0.717, 1.165) is 18.9 Å². The van der Waals surface area contributed by atoms with E-state index in [1.807, 2.05) is 0 Å². The molecule has 0 unspecified atom stereocenters. The number of carboxylic acid groups (broad SMARTS) is 1. The molecule has 8 nitrogen and oxygen atoms in total. The number of aliphatic carboxylic acids is 1. The molecule has 0 radical (unpaired) electrons. The minimum absolute atomic E-state index is 0.0802. The van der Waals surface area contributed by atoms with E-state index in [2.05, 4.69) is 5.32 Å². The number of phenols is 1. The molecule has 1 fully saturated rings. The molecule has 4 rings (SSSR count). The summed E-state index contributed by atoms with van der Waals surface area (Å²) in [5.41, 5.74) is 6.13. The number of rotatable bonds is 4. The molecular formula is C22H18ClF4N3O5. The van der Waals surface area contributed by atoms with Crippen LogP contribution in [0.15, 0.2) is 41.3 Å². The highest BCUT2D eigenvalue weighted by Crippen LogP contribution is 2.37. The summed E-state index contributed by atoms with van der Waals surface area (Å²) >= 11 is 5.88. The molecule has 3 aromatic rings. The van der Waals surface area contributed by atoms with Crippen LogP contribution in [0, 0.1) is 5.82 Å². The number of nitrogens with two attached hydrogens (primary N) is 1. The highest BCUT2D eigenvalue weighted by Gasteiger charge is 2.38. The largest absolute Gasteiger partial charge is 0.506 e. The number of aromatic nitrogens is 1. The number of nitrogens with zero attached hydrogens (tertiary/aromatic N) is 1. The highest BCUT2D eigenvalue weighted by molar-refractivity contribution is 6.31. The lowest BCUT2D eigenvalue weighted by Gasteiger charge is -2.14. The van der Waals surface area contributed by atoms with Gasteiger partial charge in [-0.25, -0.2) is 9.18 Å². The summed E-state index contributed by atoms with van der Waals surface area (Å²) in [4.78, 5) is 34.5. The Balaban J connectivity index is 0.000000429. The van der Waals surface area contributed by atoms with Crippen LogP contribution in [0.2, 0.25) is 5.02 Å². The Hall–Kier alpha value is -3.64. The zero-order valence-corrected chi connectivity index (χ0v) is 18.5. The van der Waals surface area contributed by atoms with Crippen molar-refractivity contribution >= 4 is 40.1 Å². The zero-order valence-electron chi connectivity index (χ0n) is 17.7. The second kappa shape index (κ2) is 9.92. The van der Waals surface area contributed by atoms with E-state index in [-0.39, 0.29) is 40.0 Å². The topological polar surface area (TPSA) is 135 Å². The Morgan fingerprint density at radius 2 is 1.83 bits per heavy atom. The summed E-state index contributed by atoms with van der Waals surface area (Å²) in [5, 5.41) is 19.7. The molecule has 0 atom stereocenters. The van der Waals surface area contributed by atoms with Crippen molar-refractivity contribution in [3.63, 3.8) is 0 Å². The lowest BCUT2D eigenvalue weighted by atomic mass is 10.1. The molecule has 5 N–H and O–H groups in total. The molecule has 1 aliphatic rings. The van der Waals surface area contributed by atoms with Gasteiger partial charge in [-0.15, -0.1) is 0 Å². The smallest absolute Gasteiger partial charge is 0.490 e. The Labute approximate surface area is 199 Å². The lowest BCUT2D eigenvalue weighted by Crippen LogP contribution is -2.24. The van der Waals surface area contributed by atoms with Crippen molar-refractivity contribution in [2.24, 2.45) is 5.73 Å². The second-order valence-electron chi connectivity index (χ2n) is 7.61. The van der Waals surface area contributed by atoms with E-state index in [1.165, 1.54) is 24.4 Å². The molecule has 1 heterocycles. The van der Waals surface area contributed by atoms with Gasteiger partial charge in [0.05, 0.1) is 16.2 Å². The van der Waals surface area contributed by atoms with Crippen LogP contribution in [-0.4, -0.2) is 32.8 Å². The van der Waals surface area contributed by atoms with Crippen molar-refractivity contribution in [3.05, 3.63) is 68.7 Å². The van der Waals surface area contributed by atoms with Gasteiger partial charge in [-0.2, -0.15) is 13.2 Å². The first-order valence-corrected chi connectivity index (χ1v) is 10.4. The fourth-order valence-electron chi connectivity index (χ4n) is 3.16. The van der Waals surface area contributed by atoms with Gasteiger partial charge in [0.25, 0.3) is 5.91 Å². The van der Waals surface area contributed by atoms with Gasteiger partial charge in [0.2, 0.25) is 5.43 Å². The number of alkyl halides is 3. The molecule has 0 saturated heterocycles. The van der Waals surface area contributed by atoms with E-state index in [9.17, 15) is 32.3 Å². The number of halogens is 5. The summed E-state index contributed by atoms with van der Waals surface area (Å²) < 4.78 is 47.5. The maximum atomic E-state index is 14.0. The van der Waals surface area contributed by atoms with Gasteiger partial charge in [0, 0.05) is 24.2 Å². The van der Waals surface area contributed by atoms with Gasteiger partial charge >= 0.3 is 12.1 Å². The summed E-state index contributed by atoms with van der Waals surface area (Å²) in [5.74, 6) is -4.32. The number of anilines is 1. The number of carbonyl (C=O) groups is 2.